The van der Waals surface area contributed by atoms with Crippen molar-refractivity contribution in [1.82, 2.24) is 0 Å². The van der Waals surface area contributed by atoms with E-state index in [1.54, 1.807) is 0 Å². The molecule has 0 fully saturated rings. The minimum absolute atomic E-state index is 0.338. The Morgan fingerprint density at radius 3 is 1.45 bits per heavy atom. The molecule has 0 saturated carbocycles. The second-order valence-corrected chi connectivity index (χ2v) is 7.36. The highest BCUT2D eigenvalue weighted by molar-refractivity contribution is 6.16. The number of esters is 1. The van der Waals surface area contributed by atoms with E-state index in [-0.39, 0.29) is 0 Å². The molecule has 4 rings (SSSR count). The highest BCUT2D eigenvalue weighted by Crippen LogP contribution is 2.47. The van der Waals surface area contributed by atoms with Crippen LogP contribution in [-0.2, 0) is 14.9 Å². The van der Waals surface area contributed by atoms with Gasteiger partial charge in [0.1, 0.15) is 0 Å². The second kappa shape index (κ2) is 8.85. The summed E-state index contributed by atoms with van der Waals surface area (Å²) in [6.07, 6.45) is 0. The van der Waals surface area contributed by atoms with Crippen molar-refractivity contribution in [2.24, 2.45) is 0 Å². The zero-order valence-corrected chi connectivity index (χ0v) is 17.5. The van der Waals surface area contributed by atoms with E-state index in [0.717, 1.165) is 27.8 Å². The fourth-order valence-electron chi connectivity index (χ4n) is 4.34. The first kappa shape index (κ1) is 20.4. The molecule has 2 nitrogen and oxygen atoms in total. The molecule has 4 aromatic carbocycles. The van der Waals surface area contributed by atoms with Crippen LogP contribution in [0.3, 0.4) is 0 Å². The molecule has 0 aromatic heterocycles. The van der Waals surface area contributed by atoms with E-state index in [2.05, 4.69) is 49.0 Å². The Bertz CT molecular complexity index is 1080. The molecule has 0 aliphatic carbocycles. The van der Waals surface area contributed by atoms with Crippen molar-refractivity contribution in [1.29, 1.82) is 0 Å². The van der Waals surface area contributed by atoms with E-state index in [1.165, 1.54) is 7.11 Å². The van der Waals surface area contributed by atoms with Crippen molar-refractivity contribution in [3.63, 3.8) is 0 Å². The molecular formula is C29H24O2. The molecule has 0 spiro atoms. The summed E-state index contributed by atoms with van der Waals surface area (Å²) in [6, 6.07) is 39.1. The summed E-state index contributed by atoms with van der Waals surface area (Å²) in [5, 5.41) is 0. The Hall–Kier alpha value is -3.91. The molecule has 2 heteroatoms. The smallest absolute Gasteiger partial charge is 0.337 e. The third-order valence-corrected chi connectivity index (χ3v) is 5.71. The van der Waals surface area contributed by atoms with Crippen LogP contribution >= 0.6 is 0 Å². The van der Waals surface area contributed by atoms with Gasteiger partial charge in [0, 0.05) is 0 Å². The molecule has 0 amide bonds. The number of hydrogen-bond donors (Lipinski definition) is 0. The minimum Gasteiger partial charge on any atom is -0.465 e. The van der Waals surface area contributed by atoms with Gasteiger partial charge in [0.15, 0.2) is 0 Å². The number of hydrogen-bond acceptors (Lipinski definition) is 2. The van der Waals surface area contributed by atoms with Crippen molar-refractivity contribution >= 4 is 11.5 Å². The summed E-state index contributed by atoms with van der Waals surface area (Å²) < 4.78 is 5.01. The van der Waals surface area contributed by atoms with Gasteiger partial charge in [0.2, 0.25) is 0 Å². The average Bonchev–Trinajstić information content (AvgIpc) is 2.86. The van der Waals surface area contributed by atoms with Crippen molar-refractivity contribution in [2.45, 2.75) is 5.41 Å². The highest BCUT2D eigenvalue weighted by atomic mass is 16.5. The second-order valence-electron chi connectivity index (χ2n) is 7.36. The molecule has 0 unspecified atom stereocenters. The van der Waals surface area contributed by atoms with Gasteiger partial charge in [-0.05, 0) is 27.8 Å². The van der Waals surface area contributed by atoms with Gasteiger partial charge >= 0.3 is 5.97 Å². The van der Waals surface area contributed by atoms with Gasteiger partial charge in [0.25, 0.3) is 0 Å². The molecule has 0 atom stereocenters. The van der Waals surface area contributed by atoms with Gasteiger partial charge in [-0.15, -0.1) is 0 Å². The maximum atomic E-state index is 12.5. The monoisotopic (exact) mass is 404 g/mol. The lowest BCUT2D eigenvalue weighted by Gasteiger charge is -2.38. The lowest BCUT2D eigenvalue weighted by molar-refractivity contribution is -0.133. The fraction of sp³-hybridized carbons (Fsp3) is 0.0690. The van der Waals surface area contributed by atoms with E-state index in [4.69, 9.17) is 4.74 Å². The number of ether oxygens (including phenoxy) is 1. The van der Waals surface area contributed by atoms with Crippen LogP contribution in [0.1, 0.15) is 27.8 Å². The molecule has 0 bridgehead atoms. The molecule has 0 aliphatic rings. The van der Waals surface area contributed by atoms with Gasteiger partial charge in [-0.3, -0.25) is 0 Å². The lowest BCUT2D eigenvalue weighted by Crippen LogP contribution is -2.32. The summed E-state index contributed by atoms with van der Waals surface area (Å²) in [6.45, 7) is 4.08. The van der Waals surface area contributed by atoms with Gasteiger partial charge in [-0.1, -0.05) is 122 Å². The van der Waals surface area contributed by atoms with E-state index >= 15 is 0 Å². The SMILES string of the molecule is C=C(C(=O)OC)c1ccccc1C(c1ccccc1)(c1ccccc1)c1ccccc1. The Labute approximate surface area is 183 Å². The van der Waals surface area contributed by atoms with Crippen molar-refractivity contribution in [3.05, 3.63) is 150 Å². The van der Waals surface area contributed by atoms with Crippen LogP contribution in [0.25, 0.3) is 5.57 Å². The number of benzene rings is 4. The molecule has 0 aliphatic heterocycles. The highest BCUT2D eigenvalue weighted by Gasteiger charge is 2.40. The van der Waals surface area contributed by atoms with Crippen molar-refractivity contribution in [3.8, 4) is 0 Å². The summed E-state index contributed by atoms with van der Waals surface area (Å²) in [4.78, 5) is 12.5. The Balaban J connectivity index is 2.16. The minimum atomic E-state index is -0.642. The summed E-state index contributed by atoms with van der Waals surface area (Å²) in [5.41, 5.74) is 4.77. The van der Waals surface area contributed by atoms with Crippen LogP contribution in [-0.4, -0.2) is 13.1 Å². The number of methoxy groups -OCH3 is 1. The topological polar surface area (TPSA) is 26.3 Å². The molecule has 0 heterocycles. The summed E-state index contributed by atoms with van der Waals surface area (Å²) in [5.74, 6) is -0.435. The Morgan fingerprint density at radius 2 is 1.03 bits per heavy atom. The molecule has 152 valence electrons. The average molecular weight is 405 g/mol. The molecule has 4 aromatic rings. The molecule has 0 radical (unpaired) electrons. The first-order valence-electron chi connectivity index (χ1n) is 10.2. The lowest BCUT2D eigenvalue weighted by atomic mass is 9.63. The van der Waals surface area contributed by atoms with Crippen molar-refractivity contribution in [2.75, 3.05) is 7.11 Å². The zero-order chi connectivity index (χ0) is 21.7. The first-order chi connectivity index (χ1) is 15.2. The van der Waals surface area contributed by atoms with Gasteiger partial charge < -0.3 is 4.74 Å². The third kappa shape index (κ3) is 3.57. The predicted molar refractivity (Wildman–Crippen MR) is 126 cm³/mol. The molecular weight excluding hydrogens is 380 g/mol. The maximum absolute atomic E-state index is 12.5. The largest absolute Gasteiger partial charge is 0.465 e. The van der Waals surface area contributed by atoms with Crippen molar-refractivity contribution < 1.29 is 9.53 Å². The van der Waals surface area contributed by atoms with Crippen LogP contribution in [0.15, 0.2) is 122 Å². The third-order valence-electron chi connectivity index (χ3n) is 5.71. The van der Waals surface area contributed by atoms with Crippen LogP contribution < -0.4 is 0 Å². The van der Waals surface area contributed by atoms with E-state index in [9.17, 15) is 4.79 Å². The van der Waals surface area contributed by atoms with Crippen LogP contribution in [0.5, 0.6) is 0 Å². The summed E-state index contributed by atoms with van der Waals surface area (Å²) >= 11 is 0. The quantitative estimate of drug-likeness (QED) is 0.215. The summed E-state index contributed by atoms with van der Waals surface area (Å²) in [7, 11) is 1.38. The molecule has 31 heavy (non-hydrogen) atoms. The van der Waals surface area contributed by atoms with Crippen LogP contribution in [0.4, 0.5) is 0 Å². The number of carbonyl (C=O) groups excluding carboxylic acids is 1. The Kier molecular flexibility index (Phi) is 5.81. The zero-order valence-electron chi connectivity index (χ0n) is 17.5. The van der Waals surface area contributed by atoms with E-state index in [0.29, 0.717) is 5.57 Å². The molecule has 0 N–H and O–H groups in total. The maximum Gasteiger partial charge on any atom is 0.337 e. The fourth-order valence-corrected chi connectivity index (χ4v) is 4.34. The van der Waals surface area contributed by atoms with Gasteiger partial charge in [-0.25, -0.2) is 4.79 Å². The van der Waals surface area contributed by atoms with E-state index in [1.807, 2.05) is 72.8 Å². The standard InChI is InChI=1S/C29H24O2/c1-22(28(30)31-2)26-20-12-13-21-27(26)29(23-14-6-3-7-15-23,24-16-8-4-9-17-24)25-18-10-5-11-19-25/h3-21H,1H2,2H3. The number of carbonyl (C=O) groups is 1. The Morgan fingerprint density at radius 1 is 0.645 bits per heavy atom. The van der Waals surface area contributed by atoms with E-state index < -0.39 is 11.4 Å². The van der Waals surface area contributed by atoms with Crippen LogP contribution in [0.2, 0.25) is 0 Å². The first-order valence-corrected chi connectivity index (χ1v) is 10.2. The predicted octanol–water partition coefficient (Wildman–Crippen LogP) is 6.26. The molecule has 0 saturated heterocycles. The van der Waals surface area contributed by atoms with Crippen LogP contribution in [0, 0.1) is 0 Å². The van der Waals surface area contributed by atoms with Gasteiger partial charge in [0.05, 0.1) is 18.1 Å². The van der Waals surface area contributed by atoms with Gasteiger partial charge in [-0.2, -0.15) is 0 Å². The number of rotatable bonds is 6. The normalized spacial score (nSPS) is 11.0.